The lowest BCUT2D eigenvalue weighted by Crippen LogP contribution is -2.49. The van der Waals surface area contributed by atoms with Gasteiger partial charge in [-0.15, -0.1) is 0 Å². The van der Waals surface area contributed by atoms with E-state index in [1.54, 1.807) is 6.07 Å². The Morgan fingerprint density at radius 3 is 2.52 bits per heavy atom. The van der Waals surface area contributed by atoms with Crippen molar-refractivity contribution >= 4 is 44.2 Å². The first kappa shape index (κ1) is 18.1. The molecule has 1 saturated heterocycles. The van der Waals surface area contributed by atoms with Gasteiger partial charge in [-0.3, -0.25) is 4.79 Å². The first-order valence-corrected chi connectivity index (χ1v) is 9.37. The number of halogens is 4. The van der Waals surface area contributed by atoms with Crippen molar-refractivity contribution in [2.24, 2.45) is 0 Å². The van der Waals surface area contributed by atoms with E-state index in [1.807, 2.05) is 17.0 Å². The van der Waals surface area contributed by atoms with Crippen LogP contribution in [0.4, 0.5) is 18.3 Å². The predicted octanol–water partition coefficient (Wildman–Crippen LogP) is 4.33. The van der Waals surface area contributed by atoms with E-state index in [2.05, 4.69) is 4.98 Å². The van der Waals surface area contributed by atoms with Crippen molar-refractivity contribution in [1.82, 2.24) is 9.88 Å². The van der Waals surface area contributed by atoms with Gasteiger partial charge in [0.2, 0.25) is 0 Å². The number of hydrogen-bond acceptors (Lipinski definition) is 4. The largest absolute Gasteiger partial charge is 0.345 e. The third-order valence-corrected chi connectivity index (χ3v) is 5.76. The van der Waals surface area contributed by atoms with Crippen molar-refractivity contribution < 1.29 is 18.0 Å². The summed E-state index contributed by atoms with van der Waals surface area (Å²) in [6.07, 6.45) is 0. The van der Waals surface area contributed by atoms with Crippen molar-refractivity contribution in [3.63, 3.8) is 0 Å². The Kier molecular flexibility index (Phi) is 4.69. The van der Waals surface area contributed by atoms with Gasteiger partial charge < -0.3 is 9.80 Å². The van der Waals surface area contributed by atoms with Gasteiger partial charge in [0.15, 0.2) is 22.6 Å². The molecular weight excluding hydrogens is 399 g/mol. The number of thiazole rings is 1. The van der Waals surface area contributed by atoms with Crippen LogP contribution in [-0.4, -0.2) is 42.0 Å². The quantitative estimate of drug-likeness (QED) is 0.589. The summed E-state index contributed by atoms with van der Waals surface area (Å²) in [5.74, 6) is -5.05. The Hall–Kier alpha value is -2.32. The molecule has 2 aromatic carbocycles. The van der Waals surface area contributed by atoms with Crippen LogP contribution in [0.3, 0.4) is 0 Å². The highest BCUT2D eigenvalue weighted by Gasteiger charge is 2.27. The van der Waals surface area contributed by atoms with Crippen LogP contribution in [0.2, 0.25) is 5.02 Å². The van der Waals surface area contributed by atoms with E-state index >= 15 is 0 Å². The first-order chi connectivity index (χ1) is 12.9. The van der Waals surface area contributed by atoms with Gasteiger partial charge in [0.1, 0.15) is 0 Å². The second-order valence-electron chi connectivity index (χ2n) is 6.11. The number of amides is 1. The fraction of sp³-hybridized carbons (Fsp3) is 0.222. The second-order valence-corrected chi connectivity index (χ2v) is 7.56. The molecule has 140 valence electrons. The van der Waals surface area contributed by atoms with Crippen molar-refractivity contribution in [2.75, 3.05) is 31.1 Å². The van der Waals surface area contributed by atoms with Gasteiger partial charge in [-0.05, 0) is 30.3 Å². The Labute approximate surface area is 161 Å². The second kappa shape index (κ2) is 7.01. The van der Waals surface area contributed by atoms with E-state index in [-0.39, 0.29) is 0 Å². The highest BCUT2D eigenvalue weighted by Crippen LogP contribution is 2.31. The molecule has 0 unspecified atom stereocenters. The first-order valence-electron chi connectivity index (χ1n) is 8.18. The third kappa shape index (κ3) is 3.35. The van der Waals surface area contributed by atoms with E-state index in [4.69, 9.17) is 11.6 Å². The Bertz CT molecular complexity index is 1030. The van der Waals surface area contributed by atoms with Crippen LogP contribution in [0.15, 0.2) is 30.3 Å². The van der Waals surface area contributed by atoms with Crippen molar-refractivity contribution in [3.05, 3.63) is 58.4 Å². The average molecular weight is 412 g/mol. The molecule has 4 rings (SSSR count). The van der Waals surface area contributed by atoms with Crippen LogP contribution < -0.4 is 4.90 Å². The molecule has 0 aliphatic carbocycles. The molecule has 27 heavy (non-hydrogen) atoms. The fourth-order valence-electron chi connectivity index (χ4n) is 2.98. The molecule has 4 nitrogen and oxygen atoms in total. The third-order valence-electron chi connectivity index (χ3n) is 4.44. The molecule has 1 amide bonds. The highest BCUT2D eigenvalue weighted by molar-refractivity contribution is 7.22. The molecule has 1 aliphatic rings. The summed E-state index contributed by atoms with van der Waals surface area (Å²) < 4.78 is 41.3. The van der Waals surface area contributed by atoms with Gasteiger partial charge >= 0.3 is 0 Å². The van der Waals surface area contributed by atoms with E-state index < -0.39 is 28.9 Å². The van der Waals surface area contributed by atoms with Gasteiger partial charge in [-0.2, -0.15) is 0 Å². The number of carbonyl (C=O) groups excluding carboxylic acids is 1. The minimum Gasteiger partial charge on any atom is -0.345 e. The number of anilines is 1. The summed E-state index contributed by atoms with van der Waals surface area (Å²) in [7, 11) is 0. The molecule has 2 heterocycles. The molecule has 3 aromatic rings. The molecule has 1 aromatic heterocycles. The standard InChI is InChI=1S/C18H13ClF3N3OS/c19-10-1-4-13-14(9-10)27-18(23-13)25-7-5-24(6-8-25)17(26)11-2-3-12(20)16(22)15(11)21/h1-4,9H,5-8H2. The summed E-state index contributed by atoms with van der Waals surface area (Å²) in [5, 5.41) is 1.46. The van der Waals surface area contributed by atoms with Gasteiger partial charge in [0.25, 0.3) is 5.91 Å². The molecule has 0 bridgehead atoms. The molecule has 1 aliphatic heterocycles. The normalized spacial score (nSPS) is 14.8. The van der Waals surface area contributed by atoms with Crippen molar-refractivity contribution in [2.45, 2.75) is 0 Å². The number of fused-ring (bicyclic) bond motifs is 1. The maximum absolute atomic E-state index is 13.9. The zero-order chi connectivity index (χ0) is 19.1. The Balaban J connectivity index is 1.48. The zero-order valence-electron chi connectivity index (χ0n) is 13.9. The number of carbonyl (C=O) groups is 1. The summed E-state index contributed by atoms with van der Waals surface area (Å²) in [5.41, 5.74) is 0.388. The smallest absolute Gasteiger partial charge is 0.257 e. The number of piperazine rings is 1. The van der Waals surface area contributed by atoms with E-state index in [9.17, 15) is 18.0 Å². The molecule has 0 atom stereocenters. The monoisotopic (exact) mass is 411 g/mol. The Morgan fingerprint density at radius 1 is 1.04 bits per heavy atom. The van der Waals surface area contributed by atoms with Gasteiger partial charge in [-0.25, -0.2) is 18.2 Å². The van der Waals surface area contributed by atoms with Crippen LogP contribution >= 0.6 is 22.9 Å². The van der Waals surface area contributed by atoms with E-state index in [1.165, 1.54) is 16.2 Å². The van der Waals surface area contributed by atoms with Crippen LogP contribution in [0.25, 0.3) is 10.2 Å². The molecule has 9 heteroatoms. The maximum Gasteiger partial charge on any atom is 0.257 e. The molecule has 0 saturated carbocycles. The number of nitrogens with zero attached hydrogens (tertiary/aromatic N) is 3. The number of hydrogen-bond donors (Lipinski definition) is 0. The number of rotatable bonds is 2. The SMILES string of the molecule is O=C(c1ccc(F)c(F)c1F)N1CCN(c2nc3ccc(Cl)cc3s2)CC1. The molecule has 0 spiro atoms. The zero-order valence-corrected chi connectivity index (χ0v) is 15.5. The summed E-state index contributed by atoms with van der Waals surface area (Å²) in [4.78, 5) is 20.5. The van der Waals surface area contributed by atoms with Crippen LogP contribution in [0.5, 0.6) is 0 Å². The molecular formula is C18H13ClF3N3OS. The lowest BCUT2D eigenvalue weighted by atomic mass is 10.1. The van der Waals surface area contributed by atoms with E-state index in [0.29, 0.717) is 31.2 Å². The topological polar surface area (TPSA) is 36.4 Å². The summed E-state index contributed by atoms with van der Waals surface area (Å²) in [6, 6.07) is 7.21. The van der Waals surface area contributed by atoms with Crippen LogP contribution in [0.1, 0.15) is 10.4 Å². The van der Waals surface area contributed by atoms with Gasteiger partial charge in [0, 0.05) is 31.2 Å². The predicted molar refractivity (Wildman–Crippen MR) is 99.1 cm³/mol. The van der Waals surface area contributed by atoms with E-state index in [0.717, 1.165) is 27.5 Å². The minimum atomic E-state index is -1.63. The lowest BCUT2D eigenvalue weighted by Gasteiger charge is -2.34. The van der Waals surface area contributed by atoms with Crippen molar-refractivity contribution in [3.8, 4) is 0 Å². The summed E-state index contributed by atoms with van der Waals surface area (Å²) in [6.45, 7) is 1.66. The van der Waals surface area contributed by atoms with Crippen LogP contribution in [0, 0.1) is 17.5 Å². The number of benzene rings is 2. The fourth-order valence-corrected chi connectivity index (χ4v) is 4.28. The van der Waals surface area contributed by atoms with Gasteiger partial charge in [0.05, 0.1) is 15.8 Å². The average Bonchev–Trinajstić information content (AvgIpc) is 3.09. The summed E-state index contributed by atoms with van der Waals surface area (Å²) >= 11 is 7.51. The lowest BCUT2D eigenvalue weighted by molar-refractivity contribution is 0.0740. The highest BCUT2D eigenvalue weighted by atomic mass is 35.5. The van der Waals surface area contributed by atoms with Crippen LogP contribution in [-0.2, 0) is 0 Å². The molecule has 1 fully saturated rings. The molecule has 0 N–H and O–H groups in total. The van der Waals surface area contributed by atoms with Crippen molar-refractivity contribution in [1.29, 1.82) is 0 Å². The molecule has 0 radical (unpaired) electrons. The van der Waals surface area contributed by atoms with Gasteiger partial charge in [-0.1, -0.05) is 22.9 Å². The minimum absolute atomic E-state index is 0.327. The maximum atomic E-state index is 13.9. The number of aromatic nitrogens is 1. The Morgan fingerprint density at radius 2 is 1.78 bits per heavy atom.